The summed E-state index contributed by atoms with van der Waals surface area (Å²) in [5.74, 6) is -1.41. The van der Waals surface area contributed by atoms with E-state index in [1.807, 2.05) is 60.7 Å². The average molecular weight is 355 g/mol. The minimum atomic E-state index is -0.958. The van der Waals surface area contributed by atoms with Crippen LogP contribution < -0.4 is 5.32 Å². The van der Waals surface area contributed by atoms with Crippen molar-refractivity contribution in [2.45, 2.75) is 44.9 Å². The Kier molecular flexibility index (Phi) is 7.83. The van der Waals surface area contributed by atoms with Crippen LogP contribution in [0.25, 0.3) is 0 Å². The number of ether oxygens (including phenoxy) is 1. The van der Waals surface area contributed by atoms with Crippen molar-refractivity contribution in [2.75, 3.05) is 0 Å². The number of hydrogen-bond acceptors (Lipinski definition) is 4. The molecule has 0 aliphatic heterocycles. The number of aliphatic carboxylic acids is 1. The number of carbonyl (C=O) groups is 2. The second-order valence-electron chi connectivity index (χ2n) is 6.25. The predicted octanol–water partition coefficient (Wildman–Crippen LogP) is 3.18. The Hall–Kier alpha value is -2.66. The van der Waals surface area contributed by atoms with E-state index in [9.17, 15) is 14.7 Å². The van der Waals surface area contributed by atoms with Gasteiger partial charge in [0.1, 0.15) is 18.7 Å². The summed E-state index contributed by atoms with van der Waals surface area (Å²) >= 11 is 0. The molecule has 138 valence electrons. The van der Waals surface area contributed by atoms with Crippen molar-refractivity contribution in [1.29, 1.82) is 0 Å². The van der Waals surface area contributed by atoms with Crippen LogP contribution >= 0.6 is 0 Å². The number of aryl methyl sites for hydroxylation is 1. The molecule has 5 nitrogen and oxygen atoms in total. The first-order valence-electron chi connectivity index (χ1n) is 8.79. The Morgan fingerprint density at radius 2 is 1.58 bits per heavy atom. The van der Waals surface area contributed by atoms with Crippen LogP contribution in [0.1, 0.15) is 30.9 Å². The third kappa shape index (κ3) is 6.69. The number of esters is 1. The van der Waals surface area contributed by atoms with Gasteiger partial charge >= 0.3 is 11.9 Å². The molecule has 0 aliphatic carbocycles. The highest BCUT2D eigenvalue weighted by Crippen LogP contribution is 2.08. The van der Waals surface area contributed by atoms with Gasteiger partial charge in [-0.25, -0.2) is 0 Å². The molecule has 2 aromatic carbocycles. The maximum atomic E-state index is 12.1. The van der Waals surface area contributed by atoms with Crippen LogP contribution in [0, 0.1) is 0 Å². The molecule has 2 rings (SSSR count). The van der Waals surface area contributed by atoms with E-state index < -0.39 is 24.0 Å². The minimum absolute atomic E-state index is 0.178. The Balaban J connectivity index is 1.77. The molecule has 0 unspecified atom stereocenters. The fourth-order valence-corrected chi connectivity index (χ4v) is 2.66. The van der Waals surface area contributed by atoms with Gasteiger partial charge in [0.05, 0.1) is 0 Å². The van der Waals surface area contributed by atoms with Gasteiger partial charge in [-0.3, -0.25) is 14.9 Å². The largest absolute Gasteiger partial charge is 0.480 e. The van der Waals surface area contributed by atoms with Gasteiger partial charge in [-0.15, -0.1) is 0 Å². The quantitative estimate of drug-likeness (QED) is 0.640. The molecule has 0 amide bonds. The Bertz CT molecular complexity index is 688. The van der Waals surface area contributed by atoms with Crippen LogP contribution in [0.5, 0.6) is 0 Å². The Morgan fingerprint density at radius 1 is 1.00 bits per heavy atom. The van der Waals surface area contributed by atoms with E-state index in [0.29, 0.717) is 6.42 Å². The summed E-state index contributed by atoms with van der Waals surface area (Å²) in [4.78, 5) is 23.6. The van der Waals surface area contributed by atoms with E-state index in [-0.39, 0.29) is 6.61 Å². The van der Waals surface area contributed by atoms with Gasteiger partial charge in [0.2, 0.25) is 0 Å². The lowest BCUT2D eigenvalue weighted by Crippen LogP contribution is -2.46. The van der Waals surface area contributed by atoms with Crippen LogP contribution in [-0.2, 0) is 27.4 Å². The van der Waals surface area contributed by atoms with Crippen molar-refractivity contribution >= 4 is 11.9 Å². The zero-order valence-corrected chi connectivity index (χ0v) is 14.9. The van der Waals surface area contributed by atoms with E-state index in [4.69, 9.17) is 4.74 Å². The molecule has 2 N–H and O–H groups in total. The molecule has 0 aromatic heterocycles. The SMILES string of the molecule is C[C@@H](N[C@@H](CCCc1ccccc1)C(=O)O)C(=O)OCc1ccccc1. The fourth-order valence-electron chi connectivity index (χ4n) is 2.66. The van der Waals surface area contributed by atoms with Crippen LogP contribution in [0.3, 0.4) is 0 Å². The molecule has 2 aromatic rings. The van der Waals surface area contributed by atoms with Crippen molar-refractivity contribution in [2.24, 2.45) is 0 Å². The molecule has 0 saturated carbocycles. The second-order valence-corrected chi connectivity index (χ2v) is 6.25. The number of rotatable bonds is 10. The molecule has 0 radical (unpaired) electrons. The highest BCUT2D eigenvalue weighted by molar-refractivity contribution is 5.78. The van der Waals surface area contributed by atoms with Crippen LogP contribution in [0.2, 0.25) is 0 Å². The van der Waals surface area contributed by atoms with E-state index in [1.54, 1.807) is 6.92 Å². The topological polar surface area (TPSA) is 75.6 Å². The number of nitrogens with one attached hydrogen (secondary N) is 1. The van der Waals surface area contributed by atoms with Crippen LogP contribution in [0.4, 0.5) is 0 Å². The summed E-state index contributed by atoms with van der Waals surface area (Å²) < 4.78 is 5.25. The Morgan fingerprint density at radius 3 is 2.15 bits per heavy atom. The first-order valence-corrected chi connectivity index (χ1v) is 8.79. The molecule has 0 spiro atoms. The van der Waals surface area contributed by atoms with E-state index in [2.05, 4.69) is 5.32 Å². The standard InChI is InChI=1S/C21H25NO4/c1-16(21(25)26-15-18-11-6-3-7-12-18)22-19(20(23)24)14-8-13-17-9-4-2-5-10-17/h2-7,9-12,16,19,22H,8,13-15H2,1H3,(H,23,24)/t16-,19+/m1/s1. The highest BCUT2D eigenvalue weighted by Gasteiger charge is 2.23. The number of carboxylic acids is 1. The van der Waals surface area contributed by atoms with E-state index in [1.165, 1.54) is 5.56 Å². The van der Waals surface area contributed by atoms with E-state index in [0.717, 1.165) is 18.4 Å². The summed E-state index contributed by atoms with van der Waals surface area (Å²) in [5, 5.41) is 12.3. The summed E-state index contributed by atoms with van der Waals surface area (Å²) in [5.41, 5.74) is 2.07. The third-order valence-corrected chi connectivity index (χ3v) is 4.13. The smallest absolute Gasteiger partial charge is 0.323 e. The molecule has 0 saturated heterocycles. The molecule has 5 heteroatoms. The number of carbonyl (C=O) groups excluding carboxylic acids is 1. The van der Waals surface area contributed by atoms with Crippen LogP contribution in [-0.4, -0.2) is 29.1 Å². The lowest BCUT2D eigenvalue weighted by atomic mass is 10.0. The number of carboxylic acid groups (broad SMARTS) is 1. The highest BCUT2D eigenvalue weighted by atomic mass is 16.5. The third-order valence-electron chi connectivity index (χ3n) is 4.13. The predicted molar refractivity (Wildman–Crippen MR) is 99.6 cm³/mol. The molecule has 0 heterocycles. The summed E-state index contributed by atoms with van der Waals surface area (Å²) in [6.07, 6.45) is 1.97. The van der Waals surface area contributed by atoms with Crippen molar-refractivity contribution < 1.29 is 19.4 Å². The summed E-state index contributed by atoms with van der Waals surface area (Å²) in [7, 11) is 0. The lowest BCUT2D eigenvalue weighted by Gasteiger charge is -2.19. The molecular formula is C21H25NO4. The first kappa shape index (κ1) is 19.7. The van der Waals surface area contributed by atoms with Crippen molar-refractivity contribution in [3.8, 4) is 0 Å². The van der Waals surface area contributed by atoms with Gasteiger partial charge in [0.25, 0.3) is 0 Å². The molecule has 0 fully saturated rings. The maximum Gasteiger partial charge on any atom is 0.323 e. The second kappa shape index (κ2) is 10.4. The van der Waals surface area contributed by atoms with Gasteiger partial charge in [0.15, 0.2) is 0 Å². The van der Waals surface area contributed by atoms with Gasteiger partial charge < -0.3 is 9.84 Å². The van der Waals surface area contributed by atoms with Gasteiger partial charge in [0, 0.05) is 0 Å². The van der Waals surface area contributed by atoms with Crippen molar-refractivity contribution in [3.05, 3.63) is 71.8 Å². The first-order chi connectivity index (χ1) is 12.6. The lowest BCUT2D eigenvalue weighted by molar-refractivity contribution is -0.148. The molecule has 0 aliphatic rings. The van der Waals surface area contributed by atoms with Crippen molar-refractivity contribution in [1.82, 2.24) is 5.32 Å². The molecule has 0 bridgehead atoms. The minimum Gasteiger partial charge on any atom is -0.480 e. The summed E-state index contributed by atoms with van der Waals surface area (Å²) in [6.45, 7) is 1.80. The Labute approximate surface area is 154 Å². The monoisotopic (exact) mass is 355 g/mol. The zero-order valence-electron chi connectivity index (χ0n) is 14.9. The van der Waals surface area contributed by atoms with Gasteiger partial charge in [-0.1, -0.05) is 60.7 Å². The maximum absolute atomic E-state index is 12.1. The number of benzene rings is 2. The number of hydrogen-bond donors (Lipinski definition) is 2. The van der Waals surface area contributed by atoms with Crippen molar-refractivity contribution in [3.63, 3.8) is 0 Å². The van der Waals surface area contributed by atoms with Gasteiger partial charge in [-0.05, 0) is 37.3 Å². The van der Waals surface area contributed by atoms with Crippen LogP contribution in [0.15, 0.2) is 60.7 Å². The van der Waals surface area contributed by atoms with E-state index >= 15 is 0 Å². The molecular weight excluding hydrogens is 330 g/mol. The average Bonchev–Trinajstić information content (AvgIpc) is 2.66. The zero-order chi connectivity index (χ0) is 18.8. The molecule has 2 atom stereocenters. The van der Waals surface area contributed by atoms with Gasteiger partial charge in [-0.2, -0.15) is 0 Å². The summed E-state index contributed by atoms with van der Waals surface area (Å²) in [6, 6.07) is 17.8. The molecule has 26 heavy (non-hydrogen) atoms. The fraction of sp³-hybridized carbons (Fsp3) is 0.333. The normalized spacial score (nSPS) is 13.0.